The molecule has 1 unspecified atom stereocenters. The predicted octanol–water partition coefficient (Wildman–Crippen LogP) is 3.27. The number of halogens is 1. The van der Waals surface area contributed by atoms with Crippen LogP contribution in [0.25, 0.3) is 0 Å². The molecule has 2 aromatic rings. The number of hydrogen-bond acceptors (Lipinski definition) is 4. The number of aryl methyl sites for hydroxylation is 1. The van der Waals surface area contributed by atoms with E-state index < -0.39 is 6.10 Å². The van der Waals surface area contributed by atoms with Crippen molar-refractivity contribution >= 4 is 29.1 Å². The number of carbonyl (C=O) groups is 2. The molecule has 0 spiro atoms. The molecule has 7 heteroatoms. The normalized spacial score (nSPS) is 14.9. The SMILES string of the molecule is Cc1ccc(Cl)c(OC(C)C(=O)NCCC(=O)N2CCN(c3ccccc3)CC2)c1. The van der Waals surface area contributed by atoms with E-state index in [4.69, 9.17) is 16.3 Å². The number of piperazine rings is 1. The van der Waals surface area contributed by atoms with E-state index in [9.17, 15) is 9.59 Å². The lowest BCUT2D eigenvalue weighted by Gasteiger charge is -2.36. The third kappa shape index (κ3) is 5.89. The zero-order valence-electron chi connectivity index (χ0n) is 17.4. The van der Waals surface area contributed by atoms with Gasteiger partial charge in [0, 0.05) is 44.8 Å². The van der Waals surface area contributed by atoms with Crippen LogP contribution >= 0.6 is 11.6 Å². The quantitative estimate of drug-likeness (QED) is 0.733. The average molecular weight is 430 g/mol. The fourth-order valence-corrected chi connectivity index (χ4v) is 3.55. The Kier molecular flexibility index (Phi) is 7.57. The summed E-state index contributed by atoms with van der Waals surface area (Å²) in [6.07, 6.45) is -0.427. The zero-order valence-corrected chi connectivity index (χ0v) is 18.2. The Bertz CT molecular complexity index is 867. The summed E-state index contributed by atoms with van der Waals surface area (Å²) in [5.74, 6) is 0.263. The molecular weight excluding hydrogens is 402 g/mol. The summed E-state index contributed by atoms with van der Waals surface area (Å²) >= 11 is 6.12. The van der Waals surface area contributed by atoms with E-state index in [1.165, 1.54) is 5.69 Å². The second kappa shape index (κ2) is 10.3. The highest BCUT2D eigenvalue weighted by Crippen LogP contribution is 2.26. The molecule has 160 valence electrons. The van der Waals surface area contributed by atoms with Gasteiger partial charge < -0.3 is 19.9 Å². The largest absolute Gasteiger partial charge is 0.479 e. The molecule has 1 aliphatic heterocycles. The second-order valence-electron chi connectivity index (χ2n) is 7.44. The van der Waals surface area contributed by atoms with Gasteiger partial charge in [0.25, 0.3) is 5.91 Å². The fraction of sp³-hybridized carbons (Fsp3) is 0.391. The molecule has 1 fully saturated rings. The van der Waals surface area contributed by atoms with Crippen LogP contribution in [0.1, 0.15) is 18.9 Å². The number of hydrogen-bond donors (Lipinski definition) is 1. The number of para-hydroxylation sites is 1. The van der Waals surface area contributed by atoms with Crippen LogP contribution in [-0.4, -0.2) is 55.5 Å². The highest BCUT2D eigenvalue weighted by molar-refractivity contribution is 6.32. The van der Waals surface area contributed by atoms with Gasteiger partial charge in [-0.25, -0.2) is 0 Å². The molecule has 0 aromatic heterocycles. The summed E-state index contributed by atoms with van der Waals surface area (Å²) in [6.45, 7) is 6.87. The molecule has 0 radical (unpaired) electrons. The third-order valence-corrected chi connectivity index (χ3v) is 5.46. The van der Waals surface area contributed by atoms with Crippen LogP contribution in [0, 0.1) is 6.92 Å². The monoisotopic (exact) mass is 429 g/mol. The standard InChI is InChI=1S/C23H28ClN3O3/c1-17-8-9-20(24)21(16-17)30-18(2)23(29)25-11-10-22(28)27-14-12-26(13-15-27)19-6-4-3-5-7-19/h3-9,16,18H,10-15H2,1-2H3,(H,25,29). The minimum absolute atomic E-state index is 0.0540. The summed E-state index contributed by atoms with van der Waals surface area (Å²) in [7, 11) is 0. The van der Waals surface area contributed by atoms with Crippen LogP contribution in [0.4, 0.5) is 5.69 Å². The highest BCUT2D eigenvalue weighted by Gasteiger charge is 2.22. The van der Waals surface area contributed by atoms with Gasteiger partial charge in [-0.05, 0) is 43.7 Å². The lowest BCUT2D eigenvalue weighted by atomic mass is 10.2. The van der Waals surface area contributed by atoms with Gasteiger partial charge in [0.2, 0.25) is 5.91 Å². The van der Waals surface area contributed by atoms with Gasteiger partial charge in [-0.15, -0.1) is 0 Å². The van der Waals surface area contributed by atoms with E-state index in [0.717, 1.165) is 18.7 Å². The summed E-state index contributed by atoms with van der Waals surface area (Å²) in [6, 6.07) is 15.6. The van der Waals surface area contributed by atoms with Crippen LogP contribution in [-0.2, 0) is 9.59 Å². The number of nitrogens with zero attached hydrogens (tertiary/aromatic N) is 2. The van der Waals surface area contributed by atoms with Crippen LogP contribution in [0.2, 0.25) is 5.02 Å². The molecular formula is C23H28ClN3O3. The first-order chi connectivity index (χ1) is 14.4. The highest BCUT2D eigenvalue weighted by atomic mass is 35.5. The van der Waals surface area contributed by atoms with Crippen molar-refractivity contribution in [3.05, 3.63) is 59.1 Å². The van der Waals surface area contributed by atoms with Crippen molar-refractivity contribution in [2.24, 2.45) is 0 Å². The summed E-state index contributed by atoms with van der Waals surface area (Å²) in [5.41, 5.74) is 2.18. The molecule has 1 atom stereocenters. The van der Waals surface area contributed by atoms with Crippen molar-refractivity contribution in [1.82, 2.24) is 10.2 Å². The fourth-order valence-electron chi connectivity index (χ4n) is 3.39. The first-order valence-corrected chi connectivity index (χ1v) is 10.6. The number of benzene rings is 2. The number of carbonyl (C=O) groups excluding carboxylic acids is 2. The van der Waals surface area contributed by atoms with Crippen LogP contribution in [0.3, 0.4) is 0 Å². The Balaban J connectivity index is 1.39. The predicted molar refractivity (Wildman–Crippen MR) is 119 cm³/mol. The molecule has 1 aliphatic rings. The third-order valence-electron chi connectivity index (χ3n) is 5.15. The van der Waals surface area contributed by atoms with Crippen molar-refractivity contribution in [1.29, 1.82) is 0 Å². The van der Waals surface area contributed by atoms with Crippen LogP contribution < -0.4 is 15.0 Å². The van der Waals surface area contributed by atoms with E-state index in [-0.39, 0.29) is 24.8 Å². The Morgan fingerprint density at radius 2 is 1.80 bits per heavy atom. The van der Waals surface area contributed by atoms with E-state index in [2.05, 4.69) is 22.3 Å². The minimum Gasteiger partial charge on any atom is -0.479 e. The smallest absolute Gasteiger partial charge is 0.260 e. The topological polar surface area (TPSA) is 61.9 Å². The summed E-state index contributed by atoms with van der Waals surface area (Å²) in [5, 5.41) is 3.24. The summed E-state index contributed by atoms with van der Waals surface area (Å²) < 4.78 is 5.67. The van der Waals surface area contributed by atoms with Gasteiger partial charge in [-0.1, -0.05) is 35.9 Å². The van der Waals surface area contributed by atoms with Gasteiger partial charge in [-0.3, -0.25) is 9.59 Å². The lowest BCUT2D eigenvalue weighted by molar-refractivity contribution is -0.131. The maximum atomic E-state index is 12.5. The van der Waals surface area contributed by atoms with Crippen LogP contribution in [0.15, 0.2) is 48.5 Å². The first-order valence-electron chi connectivity index (χ1n) is 10.2. The van der Waals surface area contributed by atoms with Gasteiger partial charge in [0.1, 0.15) is 5.75 Å². The number of rotatable bonds is 7. The molecule has 0 bridgehead atoms. The minimum atomic E-state index is -0.700. The Hall–Kier alpha value is -2.73. The molecule has 1 heterocycles. The molecule has 1 saturated heterocycles. The van der Waals surface area contributed by atoms with Crippen molar-refractivity contribution in [3.8, 4) is 5.75 Å². The first kappa shape index (κ1) is 22.0. The molecule has 1 N–H and O–H groups in total. The van der Waals surface area contributed by atoms with E-state index in [1.54, 1.807) is 19.1 Å². The molecule has 3 rings (SSSR count). The van der Waals surface area contributed by atoms with Crippen molar-refractivity contribution in [2.45, 2.75) is 26.4 Å². The van der Waals surface area contributed by atoms with E-state index >= 15 is 0 Å². The van der Waals surface area contributed by atoms with Crippen molar-refractivity contribution < 1.29 is 14.3 Å². The van der Waals surface area contributed by atoms with Crippen molar-refractivity contribution in [3.63, 3.8) is 0 Å². The van der Waals surface area contributed by atoms with E-state index in [1.807, 2.05) is 36.1 Å². The average Bonchev–Trinajstić information content (AvgIpc) is 2.76. The second-order valence-corrected chi connectivity index (χ2v) is 7.85. The van der Waals surface area contributed by atoms with E-state index in [0.29, 0.717) is 23.9 Å². The molecule has 30 heavy (non-hydrogen) atoms. The molecule has 0 saturated carbocycles. The molecule has 6 nitrogen and oxygen atoms in total. The van der Waals surface area contributed by atoms with Gasteiger partial charge in [-0.2, -0.15) is 0 Å². The van der Waals surface area contributed by atoms with Gasteiger partial charge >= 0.3 is 0 Å². The maximum absolute atomic E-state index is 12.5. The van der Waals surface area contributed by atoms with Gasteiger partial charge in [0.05, 0.1) is 5.02 Å². The molecule has 0 aliphatic carbocycles. The number of amides is 2. The Labute approximate surface area is 182 Å². The number of nitrogens with one attached hydrogen (secondary N) is 1. The lowest BCUT2D eigenvalue weighted by Crippen LogP contribution is -2.49. The maximum Gasteiger partial charge on any atom is 0.260 e. The summed E-state index contributed by atoms with van der Waals surface area (Å²) in [4.78, 5) is 28.9. The van der Waals surface area contributed by atoms with Crippen molar-refractivity contribution in [2.75, 3.05) is 37.6 Å². The zero-order chi connectivity index (χ0) is 21.5. The molecule has 2 amide bonds. The van der Waals surface area contributed by atoms with Gasteiger partial charge in [0.15, 0.2) is 6.10 Å². The molecule has 2 aromatic carbocycles. The number of ether oxygens (including phenoxy) is 1. The Morgan fingerprint density at radius 1 is 1.10 bits per heavy atom. The Morgan fingerprint density at radius 3 is 2.50 bits per heavy atom. The van der Waals surface area contributed by atoms with Crippen LogP contribution in [0.5, 0.6) is 5.75 Å². The number of anilines is 1.